The van der Waals surface area contributed by atoms with Crippen LogP contribution < -0.4 is 5.32 Å². The summed E-state index contributed by atoms with van der Waals surface area (Å²) in [6, 6.07) is 11.0. The van der Waals surface area contributed by atoms with Crippen molar-refractivity contribution in [1.29, 1.82) is 0 Å². The Balaban J connectivity index is 2.21. The minimum Gasteiger partial charge on any atom is -0.313 e. The Morgan fingerprint density at radius 2 is 1.79 bits per heavy atom. The fourth-order valence-electron chi connectivity index (χ4n) is 2.07. The molecule has 2 heteroatoms. The number of rotatable bonds is 5. The molecule has 19 heavy (non-hydrogen) atoms. The summed E-state index contributed by atoms with van der Waals surface area (Å²) >= 11 is 0. The van der Waals surface area contributed by atoms with Crippen LogP contribution in [0.15, 0.2) is 42.7 Å². The van der Waals surface area contributed by atoms with Gasteiger partial charge in [0.2, 0.25) is 0 Å². The molecule has 100 valence electrons. The fourth-order valence-corrected chi connectivity index (χ4v) is 2.07. The van der Waals surface area contributed by atoms with Gasteiger partial charge in [-0.3, -0.25) is 4.98 Å². The van der Waals surface area contributed by atoms with Crippen molar-refractivity contribution in [2.75, 3.05) is 6.54 Å². The summed E-state index contributed by atoms with van der Waals surface area (Å²) in [5.74, 6) is 0.576. The summed E-state index contributed by atoms with van der Waals surface area (Å²) in [6.45, 7) is 8.40. The lowest BCUT2D eigenvalue weighted by Gasteiger charge is -2.08. The van der Waals surface area contributed by atoms with E-state index in [0.717, 1.165) is 13.1 Å². The Kier molecular flexibility index (Phi) is 4.69. The first-order valence-corrected chi connectivity index (χ1v) is 6.95. The second-order valence-corrected chi connectivity index (χ2v) is 5.14. The Bertz CT molecular complexity index is 515. The third kappa shape index (κ3) is 3.65. The number of nitrogens with one attached hydrogen (secondary N) is 1. The fraction of sp³-hybridized carbons (Fsp3) is 0.353. The predicted octanol–water partition coefficient (Wildman–Crippen LogP) is 3.98. The van der Waals surface area contributed by atoms with Gasteiger partial charge in [-0.15, -0.1) is 0 Å². The van der Waals surface area contributed by atoms with E-state index in [-0.39, 0.29) is 0 Å². The molecule has 0 fully saturated rings. The predicted molar refractivity (Wildman–Crippen MR) is 81.1 cm³/mol. The van der Waals surface area contributed by atoms with Crippen LogP contribution in [-0.2, 0) is 6.54 Å². The number of benzene rings is 1. The van der Waals surface area contributed by atoms with E-state index in [1.54, 1.807) is 0 Å². The topological polar surface area (TPSA) is 24.9 Å². The maximum absolute atomic E-state index is 4.33. The van der Waals surface area contributed by atoms with Gasteiger partial charge in [-0.25, -0.2) is 0 Å². The molecule has 1 N–H and O–H groups in total. The van der Waals surface area contributed by atoms with Crippen LogP contribution >= 0.6 is 0 Å². The molecule has 0 saturated carbocycles. The highest BCUT2D eigenvalue weighted by molar-refractivity contribution is 5.63. The lowest BCUT2D eigenvalue weighted by molar-refractivity contribution is 0.724. The van der Waals surface area contributed by atoms with Gasteiger partial charge in [0, 0.05) is 24.5 Å². The van der Waals surface area contributed by atoms with Crippen molar-refractivity contribution in [2.24, 2.45) is 0 Å². The molecule has 2 nitrogen and oxygen atoms in total. The van der Waals surface area contributed by atoms with Crippen LogP contribution in [0.1, 0.15) is 37.8 Å². The zero-order chi connectivity index (χ0) is 13.7. The first kappa shape index (κ1) is 13.8. The van der Waals surface area contributed by atoms with Crippen LogP contribution in [0.4, 0.5) is 0 Å². The van der Waals surface area contributed by atoms with Gasteiger partial charge in [0.25, 0.3) is 0 Å². The van der Waals surface area contributed by atoms with E-state index in [2.05, 4.69) is 61.4 Å². The molecule has 0 spiro atoms. The molecule has 0 aliphatic carbocycles. The molecule has 0 aliphatic rings. The molecule has 0 aliphatic heterocycles. The summed E-state index contributed by atoms with van der Waals surface area (Å²) in [5, 5.41) is 3.33. The van der Waals surface area contributed by atoms with E-state index in [1.165, 1.54) is 22.3 Å². The third-order valence-corrected chi connectivity index (χ3v) is 3.28. The summed E-state index contributed by atoms with van der Waals surface area (Å²) in [5.41, 5.74) is 5.02. The molecule has 1 heterocycles. The second-order valence-electron chi connectivity index (χ2n) is 5.14. The van der Waals surface area contributed by atoms with Gasteiger partial charge in [-0.2, -0.15) is 0 Å². The highest BCUT2D eigenvalue weighted by atomic mass is 14.8. The third-order valence-electron chi connectivity index (χ3n) is 3.28. The summed E-state index contributed by atoms with van der Waals surface area (Å²) in [7, 11) is 0. The minimum absolute atomic E-state index is 0.576. The summed E-state index contributed by atoms with van der Waals surface area (Å²) in [4.78, 5) is 4.33. The number of aromatic nitrogens is 1. The highest BCUT2D eigenvalue weighted by Gasteiger charge is 2.02. The minimum atomic E-state index is 0.576. The Labute approximate surface area is 115 Å². The van der Waals surface area contributed by atoms with Gasteiger partial charge in [0.15, 0.2) is 0 Å². The largest absolute Gasteiger partial charge is 0.313 e. The van der Waals surface area contributed by atoms with Gasteiger partial charge < -0.3 is 5.32 Å². The van der Waals surface area contributed by atoms with Crippen LogP contribution in [0.2, 0.25) is 0 Å². The zero-order valence-corrected chi connectivity index (χ0v) is 12.0. The van der Waals surface area contributed by atoms with Crippen molar-refractivity contribution in [1.82, 2.24) is 10.3 Å². The van der Waals surface area contributed by atoms with Gasteiger partial charge in [-0.1, -0.05) is 45.0 Å². The first-order chi connectivity index (χ1) is 9.20. The Morgan fingerprint density at radius 1 is 1.05 bits per heavy atom. The van der Waals surface area contributed by atoms with Crippen LogP contribution in [0.3, 0.4) is 0 Å². The summed E-state index contributed by atoms with van der Waals surface area (Å²) < 4.78 is 0. The maximum atomic E-state index is 4.33. The van der Waals surface area contributed by atoms with Gasteiger partial charge >= 0.3 is 0 Å². The molecule has 2 aromatic rings. The molecular weight excluding hydrogens is 232 g/mol. The van der Waals surface area contributed by atoms with E-state index in [9.17, 15) is 0 Å². The molecule has 0 bridgehead atoms. The van der Waals surface area contributed by atoms with Crippen molar-refractivity contribution >= 4 is 0 Å². The molecule has 0 saturated heterocycles. The molecule has 1 aromatic heterocycles. The van der Waals surface area contributed by atoms with Crippen LogP contribution in [-0.4, -0.2) is 11.5 Å². The Morgan fingerprint density at radius 3 is 2.42 bits per heavy atom. The first-order valence-electron chi connectivity index (χ1n) is 6.95. The number of hydrogen-bond donors (Lipinski definition) is 1. The van der Waals surface area contributed by atoms with Crippen molar-refractivity contribution in [3.63, 3.8) is 0 Å². The zero-order valence-electron chi connectivity index (χ0n) is 12.0. The van der Waals surface area contributed by atoms with Gasteiger partial charge in [-0.05, 0) is 35.2 Å². The van der Waals surface area contributed by atoms with E-state index in [1.807, 2.05) is 12.4 Å². The standard InChI is InChI=1S/C17H22N2/c1-4-18-10-14-9-17(12-19-11-14)16-7-5-15(6-8-16)13(2)3/h5-9,11-13,18H,4,10H2,1-3H3. The average Bonchev–Trinajstić information content (AvgIpc) is 2.45. The quantitative estimate of drug-likeness (QED) is 0.873. The van der Waals surface area contributed by atoms with Crippen molar-refractivity contribution < 1.29 is 0 Å². The molecule has 2 rings (SSSR count). The number of nitrogens with zero attached hydrogens (tertiary/aromatic N) is 1. The summed E-state index contributed by atoms with van der Waals surface area (Å²) in [6.07, 6.45) is 3.86. The van der Waals surface area contributed by atoms with Crippen molar-refractivity contribution in [3.05, 3.63) is 53.9 Å². The van der Waals surface area contributed by atoms with Gasteiger partial charge in [0.05, 0.1) is 0 Å². The number of hydrogen-bond acceptors (Lipinski definition) is 2. The average molecular weight is 254 g/mol. The molecule has 0 amide bonds. The van der Waals surface area contributed by atoms with E-state index in [4.69, 9.17) is 0 Å². The maximum Gasteiger partial charge on any atom is 0.0346 e. The van der Waals surface area contributed by atoms with E-state index < -0.39 is 0 Å². The number of pyridine rings is 1. The van der Waals surface area contributed by atoms with Crippen LogP contribution in [0.5, 0.6) is 0 Å². The van der Waals surface area contributed by atoms with Crippen LogP contribution in [0.25, 0.3) is 11.1 Å². The van der Waals surface area contributed by atoms with E-state index in [0.29, 0.717) is 5.92 Å². The SMILES string of the molecule is CCNCc1cncc(-c2ccc(C(C)C)cc2)c1. The molecule has 0 atom stereocenters. The molecular formula is C17H22N2. The van der Waals surface area contributed by atoms with Crippen LogP contribution in [0, 0.1) is 0 Å². The smallest absolute Gasteiger partial charge is 0.0346 e. The van der Waals surface area contributed by atoms with Crippen molar-refractivity contribution in [2.45, 2.75) is 33.2 Å². The van der Waals surface area contributed by atoms with Gasteiger partial charge in [0.1, 0.15) is 0 Å². The second kappa shape index (κ2) is 6.48. The Hall–Kier alpha value is -1.67. The lowest BCUT2D eigenvalue weighted by Crippen LogP contribution is -2.11. The normalized spacial score (nSPS) is 10.9. The molecule has 0 unspecified atom stereocenters. The molecule has 0 radical (unpaired) electrons. The molecule has 1 aromatic carbocycles. The van der Waals surface area contributed by atoms with E-state index >= 15 is 0 Å². The lowest BCUT2D eigenvalue weighted by atomic mass is 9.99. The monoisotopic (exact) mass is 254 g/mol. The highest BCUT2D eigenvalue weighted by Crippen LogP contribution is 2.22. The van der Waals surface area contributed by atoms with Crippen molar-refractivity contribution in [3.8, 4) is 11.1 Å².